The molecule has 0 aromatic carbocycles. The standard InChI is InChI=1S/C17H24O4/c1-10(2)6-7-15(19)17(21)9-13(16(20)12(17)5)14(18)8-11(3)4/h6,9,11-12,21H,7-8H2,1-5H3/t12?,17-/m1/s1. The van der Waals surface area contributed by atoms with Crippen LogP contribution in [0.1, 0.15) is 47.5 Å². The molecule has 1 aliphatic rings. The minimum absolute atomic E-state index is 0.0238. The minimum atomic E-state index is -1.86. The molecule has 0 aromatic heterocycles. The predicted molar refractivity (Wildman–Crippen MR) is 80.7 cm³/mol. The first kappa shape index (κ1) is 17.5. The second-order valence-electron chi connectivity index (χ2n) is 6.40. The molecular weight excluding hydrogens is 268 g/mol. The van der Waals surface area contributed by atoms with Crippen LogP contribution in [0.3, 0.4) is 0 Å². The van der Waals surface area contributed by atoms with Crippen LogP contribution < -0.4 is 0 Å². The molecule has 1 unspecified atom stereocenters. The monoisotopic (exact) mass is 292 g/mol. The van der Waals surface area contributed by atoms with E-state index in [0.29, 0.717) is 0 Å². The molecule has 0 spiro atoms. The van der Waals surface area contributed by atoms with E-state index in [9.17, 15) is 19.5 Å². The highest BCUT2D eigenvalue weighted by Crippen LogP contribution is 2.34. The third-order valence-corrected chi connectivity index (χ3v) is 3.72. The van der Waals surface area contributed by atoms with Crippen molar-refractivity contribution < 1.29 is 19.5 Å². The van der Waals surface area contributed by atoms with E-state index in [1.165, 1.54) is 13.0 Å². The van der Waals surface area contributed by atoms with E-state index in [-0.39, 0.29) is 30.1 Å². The van der Waals surface area contributed by atoms with E-state index in [4.69, 9.17) is 0 Å². The molecule has 0 fully saturated rings. The molecule has 0 amide bonds. The fraction of sp³-hybridized carbons (Fsp3) is 0.588. The summed E-state index contributed by atoms with van der Waals surface area (Å²) in [6.07, 6.45) is 3.17. The lowest BCUT2D eigenvalue weighted by molar-refractivity contribution is -0.140. The number of rotatable bonds is 6. The zero-order valence-electron chi connectivity index (χ0n) is 13.4. The van der Waals surface area contributed by atoms with Gasteiger partial charge in [-0.25, -0.2) is 0 Å². The third-order valence-electron chi connectivity index (χ3n) is 3.72. The quantitative estimate of drug-likeness (QED) is 0.603. The Morgan fingerprint density at radius 2 is 1.95 bits per heavy atom. The number of carbonyl (C=O) groups excluding carboxylic acids is 3. The van der Waals surface area contributed by atoms with Crippen LogP contribution in [-0.2, 0) is 14.4 Å². The molecule has 116 valence electrons. The van der Waals surface area contributed by atoms with E-state index in [1.807, 2.05) is 27.7 Å². The molecule has 21 heavy (non-hydrogen) atoms. The summed E-state index contributed by atoms with van der Waals surface area (Å²) in [6.45, 7) is 8.97. The Labute approximate surface area is 125 Å². The first-order valence-electron chi connectivity index (χ1n) is 7.29. The van der Waals surface area contributed by atoms with Gasteiger partial charge in [0.2, 0.25) is 0 Å². The van der Waals surface area contributed by atoms with Gasteiger partial charge in [0.05, 0.1) is 11.5 Å². The molecule has 0 aromatic rings. The lowest BCUT2D eigenvalue weighted by Gasteiger charge is -2.23. The summed E-state index contributed by atoms with van der Waals surface area (Å²) in [5.41, 5.74) is -0.918. The van der Waals surface area contributed by atoms with Gasteiger partial charge in [-0.1, -0.05) is 32.4 Å². The van der Waals surface area contributed by atoms with E-state index in [0.717, 1.165) is 5.57 Å². The fourth-order valence-corrected chi connectivity index (χ4v) is 2.33. The maximum Gasteiger partial charge on any atom is 0.172 e. The van der Waals surface area contributed by atoms with Gasteiger partial charge in [0.15, 0.2) is 23.0 Å². The van der Waals surface area contributed by atoms with E-state index < -0.39 is 23.1 Å². The van der Waals surface area contributed by atoms with Crippen molar-refractivity contribution in [2.75, 3.05) is 0 Å². The van der Waals surface area contributed by atoms with Crippen molar-refractivity contribution in [3.63, 3.8) is 0 Å². The summed E-state index contributed by atoms with van der Waals surface area (Å²) >= 11 is 0. The SMILES string of the molecule is CC(C)=CCC(=O)[C@@]1(O)C=C(C(=O)CC(C)C)C(=O)C1C. The Kier molecular flexibility index (Phi) is 5.40. The van der Waals surface area contributed by atoms with Crippen LogP contribution in [0.25, 0.3) is 0 Å². The number of Topliss-reactive ketones (excluding diaryl/α,β-unsaturated/α-hetero) is 3. The van der Waals surface area contributed by atoms with E-state index in [2.05, 4.69) is 0 Å². The van der Waals surface area contributed by atoms with Gasteiger partial charge < -0.3 is 5.11 Å². The fourth-order valence-electron chi connectivity index (χ4n) is 2.33. The predicted octanol–water partition coefficient (Wildman–Crippen LogP) is 2.40. The number of ketones is 3. The van der Waals surface area contributed by atoms with Gasteiger partial charge in [0.1, 0.15) is 0 Å². The average molecular weight is 292 g/mol. The van der Waals surface area contributed by atoms with Gasteiger partial charge in [0, 0.05) is 12.8 Å². The lowest BCUT2D eigenvalue weighted by atomic mass is 9.86. The van der Waals surface area contributed by atoms with Gasteiger partial charge in [-0.05, 0) is 25.8 Å². The normalized spacial score (nSPS) is 25.0. The number of hydrogen-bond acceptors (Lipinski definition) is 4. The zero-order valence-corrected chi connectivity index (χ0v) is 13.4. The van der Waals surface area contributed by atoms with Crippen LogP contribution in [0.5, 0.6) is 0 Å². The molecule has 0 saturated heterocycles. The van der Waals surface area contributed by atoms with Crippen LogP contribution in [0.4, 0.5) is 0 Å². The van der Waals surface area contributed by atoms with Gasteiger partial charge in [0.25, 0.3) is 0 Å². The Hall–Kier alpha value is -1.55. The Morgan fingerprint density at radius 1 is 1.38 bits per heavy atom. The largest absolute Gasteiger partial charge is 0.377 e. The van der Waals surface area contributed by atoms with Gasteiger partial charge >= 0.3 is 0 Å². The molecule has 0 radical (unpaired) electrons. The zero-order chi connectivity index (χ0) is 16.4. The van der Waals surface area contributed by atoms with Gasteiger partial charge in [-0.15, -0.1) is 0 Å². The summed E-state index contributed by atoms with van der Waals surface area (Å²) in [6, 6.07) is 0. The molecule has 0 saturated carbocycles. The van der Waals surface area contributed by atoms with E-state index >= 15 is 0 Å². The second kappa shape index (κ2) is 6.48. The average Bonchev–Trinajstić information content (AvgIpc) is 2.61. The lowest BCUT2D eigenvalue weighted by Crippen LogP contribution is -2.42. The smallest absolute Gasteiger partial charge is 0.172 e. The summed E-state index contributed by atoms with van der Waals surface area (Å²) in [4.78, 5) is 36.4. The topological polar surface area (TPSA) is 71.4 Å². The molecule has 0 aliphatic heterocycles. The molecule has 1 aliphatic carbocycles. The van der Waals surface area contributed by atoms with Crippen LogP contribution >= 0.6 is 0 Å². The first-order valence-corrected chi connectivity index (χ1v) is 7.29. The number of allylic oxidation sites excluding steroid dienone is 3. The summed E-state index contributed by atoms with van der Waals surface area (Å²) in [5.74, 6) is -1.96. The summed E-state index contributed by atoms with van der Waals surface area (Å²) < 4.78 is 0. The van der Waals surface area contributed by atoms with Gasteiger partial charge in [-0.2, -0.15) is 0 Å². The van der Waals surface area contributed by atoms with Crippen molar-refractivity contribution in [1.29, 1.82) is 0 Å². The molecular formula is C17H24O4. The first-order chi connectivity index (χ1) is 9.59. The minimum Gasteiger partial charge on any atom is -0.377 e. The molecule has 1 N–H and O–H groups in total. The molecule has 4 nitrogen and oxygen atoms in total. The molecule has 1 rings (SSSR count). The Balaban J connectivity index is 3.05. The Bertz CT molecular complexity index is 521. The highest BCUT2D eigenvalue weighted by atomic mass is 16.3. The number of carbonyl (C=O) groups is 3. The molecule has 2 atom stereocenters. The van der Waals surface area contributed by atoms with Crippen LogP contribution in [0, 0.1) is 11.8 Å². The molecule has 4 heteroatoms. The number of hydrogen-bond donors (Lipinski definition) is 1. The van der Waals surface area contributed by atoms with Crippen LogP contribution in [0.2, 0.25) is 0 Å². The van der Waals surface area contributed by atoms with Gasteiger partial charge in [-0.3, -0.25) is 14.4 Å². The molecule has 0 heterocycles. The maximum absolute atomic E-state index is 12.2. The second-order valence-corrected chi connectivity index (χ2v) is 6.40. The van der Waals surface area contributed by atoms with Crippen molar-refractivity contribution >= 4 is 17.3 Å². The van der Waals surface area contributed by atoms with E-state index in [1.54, 1.807) is 6.08 Å². The van der Waals surface area contributed by atoms with Crippen molar-refractivity contribution in [1.82, 2.24) is 0 Å². The Morgan fingerprint density at radius 3 is 2.43 bits per heavy atom. The highest BCUT2D eigenvalue weighted by Gasteiger charge is 2.49. The highest BCUT2D eigenvalue weighted by molar-refractivity contribution is 6.25. The van der Waals surface area contributed by atoms with Crippen molar-refractivity contribution in [2.45, 2.75) is 53.1 Å². The molecule has 0 bridgehead atoms. The summed E-state index contributed by atoms with van der Waals surface area (Å²) in [5, 5.41) is 10.5. The maximum atomic E-state index is 12.2. The van der Waals surface area contributed by atoms with Crippen molar-refractivity contribution in [3.8, 4) is 0 Å². The van der Waals surface area contributed by atoms with Crippen molar-refractivity contribution in [3.05, 3.63) is 23.3 Å². The van der Waals surface area contributed by atoms with Crippen LogP contribution in [0.15, 0.2) is 23.3 Å². The van der Waals surface area contributed by atoms with Crippen LogP contribution in [-0.4, -0.2) is 28.1 Å². The summed E-state index contributed by atoms with van der Waals surface area (Å²) in [7, 11) is 0. The number of aliphatic hydroxyl groups is 1. The van der Waals surface area contributed by atoms with Crippen molar-refractivity contribution in [2.24, 2.45) is 11.8 Å². The third kappa shape index (κ3) is 3.76.